The molecule has 0 spiro atoms. The Morgan fingerprint density at radius 2 is 1.70 bits per heavy atom. The van der Waals surface area contributed by atoms with Crippen molar-refractivity contribution in [2.45, 2.75) is 51.1 Å². The standard InChI is InChI=1S/C17H23ClN2O3/c1-17(2,12-5-7-13(18)8-6-12)20-16(23)19-14-9-3-11(4-10-14)15(21)22/h5-8,11,14H,3-4,9-10H2,1-2H3,(H,21,22)(H2,19,20,23). The Morgan fingerprint density at radius 1 is 1.13 bits per heavy atom. The van der Waals surface area contributed by atoms with Gasteiger partial charge in [0.2, 0.25) is 0 Å². The van der Waals surface area contributed by atoms with Crippen LogP contribution in [0.2, 0.25) is 5.02 Å². The number of hydrogen-bond acceptors (Lipinski definition) is 2. The van der Waals surface area contributed by atoms with E-state index in [1.165, 1.54) is 0 Å². The van der Waals surface area contributed by atoms with Crippen molar-refractivity contribution in [1.82, 2.24) is 10.6 Å². The van der Waals surface area contributed by atoms with E-state index >= 15 is 0 Å². The average Bonchev–Trinajstić information content (AvgIpc) is 2.47. The zero-order valence-corrected chi connectivity index (χ0v) is 14.2. The molecule has 0 aliphatic heterocycles. The second-order valence-corrected chi connectivity index (χ2v) is 7.05. The lowest BCUT2D eigenvalue weighted by Crippen LogP contribution is -2.50. The minimum absolute atomic E-state index is 0.0339. The first-order chi connectivity index (χ1) is 10.8. The van der Waals surface area contributed by atoms with Crippen molar-refractivity contribution >= 4 is 23.6 Å². The van der Waals surface area contributed by atoms with Crippen LogP contribution in [-0.4, -0.2) is 23.1 Å². The lowest BCUT2D eigenvalue weighted by molar-refractivity contribution is -0.142. The number of carbonyl (C=O) groups excluding carboxylic acids is 1. The minimum atomic E-state index is -0.739. The first-order valence-electron chi connectivity index (χ1n) is 7.85. The van der Waals surface area contributed by atoms with E-state index in [9.17, 15) is 9.59 Å². The molecule has 0 saturated heterocycles. The number of urea groups is 1. The number of halogens is 1. The lowest BCUT2D eigenvalue weighted by Gasteiger charge is -2.31. The van der Waals surface area contributed by atoms with E-state index in [2.05, 4.69) is 10.6 Å². The molecular weight excluding hydrogens is 316 g/mol. The molecular formula is C17H23ClN2O3. The van der Waals surface area contributed by atoms with Gasteiger partial charge in [-0.15, -0.1) is 0 Å². The van der Waals surface area contributed by atoms with E-state index in [0.29, 0.717) is 30.7 Å². The maximum Gasteiger partial charge on any atom is 0.315 e. The van der Waals surface area contributed by atoms with Crippen LogP contribution in [0.25, 0.3) is 0 Å². The molecule has 0 radical (unpaired) electrons. The molecule has 0 bridgehead atoms. The Kier molecular flexibility index (Phi) is 5.52. The summed E-state index contributed by atoms with van der Waals surface area (Å²) in [6.45, 7) is 3.86. The number of benzene rings is 1. The topological polar surface area (TPSA) is 78.4 Å². The molecule has 0 unspecified atom stereocenters. The van der Waals surface area contributed by atoms with Gasteiger partial charge in [-0.05, 0) is 57.2 Å². The van der Waals surface area contributed by atoms with Crippen LogP contribution >= 0.6 is 11.6 Å². The van der Waals surface area contributed by atoms with E-state index < -0.39 is 11.5 Å². The molecule has 1 saturated carbocycles. The molecule has 0 atom stereocenters. The summed E-state index contributed by atoms with van der Waals surface area (Å²) in [6, 6.07) is 7.17. The Balaban J connectivity index is 1.87. The number of aliphatic carboxylic acids is 1. The number of hydrogen-bond donors (Lipinski definition) is 3. The normalized spacial score (nSPS) is 21.5. The fourth-order valence-electron chi connectivity index (χ4n) is 2.93. The highest BCUT2D eigenvalue weighted by Crippen LogP contribution is 2.25. The van der Waals surface area contributed by atoms with Crippen LogP contribution < -0.4 is 10.6 Å². The van der Waals surface area contributed by atoms with Gasteiger partial charge in [0, 0.05) is 11.1 Å². The molecule has 3 N–H and O–H groups in total. The molecule has 23 heavy (non-hydrogen) atoms. The predicted molar refractivity (Wildman–Crippen MR) is 89.5 cm³/mol. The predicted octanol–water partition coefficient (Wildman–Crippen LogP) is 3.52. The summed E-state index contributed by atoms with van der Waals surface area (Å²) >= 11 is 5.89. The molecule has 2 amide bonds. The molecule has 126 valence electrons. The van der Waals surface area contributed by atoms with Crippen molar-refractivity contribution in [1.29, 1.82) is 0 Å². The molecule has 2 rings (SSSR count). The summed E-state index contributed by atoms with van der Waals surface area (Å²) in [5.41, 5.74) is 0.444. The molecule has 1 aromatic carbocycles. The van der Waals surface area contributed by atoms with Crippen molar-refractivity contribution in [2.75, 3.05) is 0 Å². The van der Waals surface area contributed by atoms with Gasteiger partial charge < -0.3 is 15.7 Å². The van der Waals surface area contributed by atoms with E-state index in [4.69, 9.17) is 16.7 Å². The largest absolute Gasteiger partial charge is 0.481 e. The molecule has 6 heteroatoms. The monoisotopic (exact) mass is 338 g/mol. The van der Waals surface area contributed by atoms with Gasteiger partial charge in [0.05, 0.1) is 11.5 Å². The van der Waals surface area contributed by atoms with Crippen LogP contribution in [-0.2, 0) is 10.3 Å². The zero-order valence-electron chi connectivity index (χ0n) is 13.4. The number of carbonyl (C=O) groups is 2. The van der Waals surface area contributed by atoms with E-state index in [1.54, 1.807) is 12.1 Å². The summed E-state index contributed by atoms with van der Waals surface area (Å²) in [5, 5.41) is 15.6. The molecule has 1 aliphatic rings. The number of rotatable bonds is 4. The summed E-state index contributed by atoms with van der Waals surface area (Å²) < 4.78 is 0. The van der Waals surface area contributed by atoms with Crippen molar-refractivity contribution in [3.05, 3.63) is 34.9 Å². The van der Waals surface area contributed by atoms with Gasteiger partial charge in [0.1, 0.15) is 0 Å². The van der Waals surface area contributed by atoms with Crippen molar-refractivity contribution in [3.63, 3.8) is 0 Å². The average molecular weight is 339 g/mol. The van der Waals surface area contributed by atoms with Crippen molar-refractivity contribution < 1.29 is 14.7 Å². The Morgan fingerprint density at radius 3 is 2.22 bits per heavy atom. The second-order valence-electron chi connectivity index (χ2n) is 6.62. The first kappa shape index (κ1) is 17.6. The third-order valence-corrected chi connectivity index (χ3v) is 4.66. The number of carboxylic acids is 1. The highest BCUT2D eigenvalue weighted by Gasteiger charge is 2.28. The van der Waals surface area contributed by atoms with Crippen LogP contribution in [0.15, 0.2) is 24.3 Å². The zero-order chi connectivity index (χ0) is 17.0. The van der Waals surface area contributed by atoms with Gasteiger partial charge in [0.15, 0.2) is 0 Å². The summed E-state index contributed by atoms with van der Waals surface area (Å²) in [4.78, 5) is 23.2. The minimum Gasteiger partial charge on any atom is -0.481 e. The maximum absolute atomic E-state index is 12.2. The Hall–Kier alpha value is -1.75. The fraction of sp³-hybridized carbons (Fsp3) is 0.529. The molecule has 0 aromatic heterocycles. The fourth-order valence-corrected chi connectivity index (χ4v) is 3.05. The van der Waals surface area contributed by atoms with E-state index in [0.717, 1.165) is 5.56 Å². The number of carboxylic acid groups (broad SMARTS) is 1. The van der Waals surface area contributed by atoms with Crippen molar-refractivity contribution in [2.24, 2.45) is 5.92 Å². The van der Waals surface area contributed by atoms with Gasteiger partial charge in [-0.25, -0.2) is 4.79 Å². The summed E-state index contributed by atoms with van der Waals surface area (Å²) in [6.07, 6.45) is 2.62. The van der Waals surface area contributed by atoms with Gasteiger partial charge in [-0.1, -0.05) is 23.7 Å². The molecule has 1 aromatic rings. The smallest absolute Gasteiger partial charge is 0.315 e. The van der Waals surface area contributed by atoms with Crippen LogP contribution in [0.5, 0.6) is 0 Å². The lowest BCUT2D eigenvalue weighted by atomic mass is 9.86. The maximum atomic E-state index is 12.2. The third kappa shape index (κ3) is 4.86. The number of amides is 2. The first-order valence-corrected chi connectivity index (χ1v) is 8.23. The molecule has 1 fully saturated rings. The quantitative estimate of drug-likeness (QED) is 0.786. The van der Waals surface area contributed by atoms with Gasteiger partial charge in [-0.3, -0.25) is 4.79 Å². The second kappa shape index (κ2) is 7.21. The van der Waals surface area contributed by atoms with Crippen LogP contribution in [0.4, 0.5) is 4.79 Å². The van der Waals surface area contributed by atoms with E-state index in [-0.39, 0.29) is 18.0 Å². The van der Waals surface area contributed by atoms with E-state index in [1.807, 2.05) is 26.0 Å². The highest BCUT2D eigenvalue weighted by atomic mass is 35.5. The van der Waals surface area contributed by atoms with Gasteiger partial charge in [-0.2, -0.15) is 0 Å². The third-order valence-electron chi connectivity index (χ3n) is 4.40. The van der Waals surface area contributed by atoms with Crippen LogP contribution in [0.3, 0.4) is 0 Å². The van der Waals surface area contributed by atoms with Gasteiger partial charge in [0.25, 0.3) is 0 Å². The molecule has 1 aliphatic carbocycles. The summed E-state index contributed by atoms with van der Waals surface area (Å²) in [7, 11) is 0. The van der Waals surface area contributed by atoms with Gasteiger partial charge >= 0.3 is 12.0 Å². The Labute approximate surface area is 141 Å². The highest BCUT2D eigenvalue weighted by molar-refractivity contribution is 6.30. The summed E-state index contributed by atoms with van der Waals surface area (Å²) in [5.74, 6) is -1.02. The van der Waals surface area contributed by atoms with Crippen LogP contribution in [0, 0.1) is 5.92 Å². The SMILES string of the molecule is CC(C)(NC(=O)NC1CCC(C(=O)O)CC1)c1ccc(Cl)cc1. The number of nitrogens with one attached hydrogen (secondary N) is 2. The molecule has 0 heterocycles. The van der Waals surface area contributed by atoms with Crippen molar-refractivity contribution in [3.8, 4) is 0 Å². The van der Waals surface area contributed by atoms with Crippen LogP contribution in [0.1, 0.15) is 45.1 Å². The Bertz CT molecular complexity index is 564. The molecule has 5 nitrogen and oxygen atoms in total.